The van der Waals surface area contributed by atoms with Crippen molar-refractivity contribution in [2.45, 2.75) is 0 Å². The summed E-state index contributed by atoms with van der Waals surface area (Å²) in [6.07, 6.45) is 0. The third-order valence-electron chi connectivity index (χ3n) is 3.88. The van der Waals surface area contributed by atoms with Crippen molar-refractivity contribution in [2.75, 3.05) is 13.7 Å². The summed E-state index contributed by atoms with van der Waals surface area (Å²) in [5, 5.41) is 11.2. The van der Waals surface area contributed by atoms with E-state index in [4.69, 9.17) is 13.9 Å². The van der Waals surface area contributed by atoms with Crippen molar-refractivity contribution < 1.29 is 28.4 Å². The molecule has 142 valence electrons. The third kappa shape index (κ3) is 3.73. The summed E-state index contributed by atoms with van der Waals surface area (Å²) in [4.78, 5) is 46.5. The number of Topliss-reactive ketones (excluding diaryl/α,β-unsaturated/α-hetero) is 1. The lowest BCUT2D eigenvalue weighted by atomic mass is 10.1. The smallest absolute Gasteiger partial charge is 0.351 e. The van der Waals surface area contributed by atoms with Crippen molar-refractivity contribution in [2.24, 2.45) is 0 Å². The van der Waals surface area contributed by atoms with E-state index in [2.05, 4.69) is 0 Å². The Bertz CT molecular complexity index is 1150. The number of nitrogens with zero attached hydrogens (tertiary/aromatic N) is 1. The summed E-state index contributed by atoms with van der Waals surface area (Å²) in [5.74, 6) is -1.36. The number of para-hydroxylation sites is 1. The lowest BCUT2D eigenvalue weighted by molar-refractivity contribution is -0.384. The van der Waals surface area contributed by atoms with Crippen molar-refractivity contribution in [3.63, 3.8) is 0 Å². The molecule has 28 heavy (non-hydrogen) atoms. The molecule has 0 N–H and O–H groups in total. The molecule has 1 aromatic heterocycles. The van der Waals surface area contributed by atoms with Crippen molar-refractivity contribution in [3.05, 3.63) is 80.2 Å². The van der Waals surface area contributed by atoms with Gasteiger partial charge < -0.3 is 13.9 Å². The first-order chi connectivity index (χ1) is 13.4. The Morgan fingerprint density at radius 1 is 1.14 bits per heavy atom. The van der Waals surface area contributed by atoms with Gasteiger partial charge in [-0.1, -0.05) is 24.3 Å². The summed E-state index contributed by atoms with van der Waals surface area (Å²) in [6, 6.07) is 11.2. The van der Waals surface area contributed by atoms with Gasteiger partial charge >= 0.3 is 11.6 Å². The van der Waals surface area contributed by atoms with Crippen LogP contribution in [0.25, 0.3) is 11.0 Å². The SMILES string of the molecule is COc1cccc2cc(C(=O)OCC(=O)c3cccc([N+](=O)[O-])c3)c(=O)oc12. The maximum Gasteiger partial charge on any atom is 0.351 e. The molecule has 0 unspecified atom stereocenters. The van der Waals surface area contributed by atoms with Crippen LogP contribution in [0.3, 0.4) is 0 Å². The predicted molar refractivity (Wildman–Crippen MR) is 96.7 cm³/mol. The maximum absolute atomic E-state index is 12.2. The number of nitro benzene ring substituents is 1. The number of methoxy groups -OCH3 is 1. The fourth-order valence-electron chi connectivity index (χ4n) is 2.51. The molecule has 3 rings (SSSR count). The lowest BCUT2D eigenvalue weighted by Crippen LogP contribution is -2.20. The quantitative estimate of drug-likeness (QED) is 0.209. The molecule has 0 atom stereocenters. The van der Waals surface area contributed by atoms with E-state index < -0.39 is 28.9 Å². The Kier molecular flexibility index (Phi) is 5.16. The highest BCUT2D eigenvalue weighted by atomic mass is 16.6. The summed E-state index contributed by atoms with van der Waals surface area (Å²) in [6.45, 7) is -0.685. The standard InChI is InChI=1S/C19H13NO8/c1-26-16-7-3-5-12-9-14(19(23)28-17(12)16)18(22)27-10-15(21)11-4-2-6-13(8-11)20(24)25/h2-9H,10H2,1H3. The number of non-ortho nitro benzene ring substituents is 1. The Hall–Kier alpha value is -4.01. The van der Waals surface area contributed by atoms with Crippen molar-refractivity contribution in [1.82, 2.24) is 0 Å². The largest absolute Gasteiger partial charge is 0.493 e. The topological polar surface area (TPSA) is 126 Å². The minimum absolute atomic E-state index is 0.0114. The van der Waals surface area contributed by atoms with Crippen LogP contribution in [0.1, 0.15) is 20.7 Å². The van der Waals surface area contributed by atoms with Crippen LogP contribution in [-0.2, 0) is 4.74 Å². The van der Waals surface area contributed by atoms with E-state index in [0.29, 0.717) is 11.1 Å². The number of rotatable bonds is 6. The summed E-state index contributed by atoms with van der Waals surface area (Å²) < 4.78 is 15.1. The zero-order valence-electron chi connectivity index (χ0n) is 14.5. The van der Waals surface area contributed by atoms with Gasteiger partial charge in [0.15, 0.2) is 17.9 Å². The van der Waals surface area contributed by atoms with Gasteiger partial charge in [0.25, 0.3) is 5.69 Å². The fraction of sp³-hybridized carbons (Fsp3) is 0.105. The number of hydrogen-bond donors (Lipinski definition) is 0. The highest BCUT2D eigenvalue weighted by Crippen LogP contribution is 2.24. The molecular formula is C19H13NO8. The van der Waals surface area contributed by atoms with Gasteiger partial charge in [0.2, 0.25) is 5.78 Å². The Labute approximate surface area is 157 Å². The highest BCUT2D eigenvalue weighted by molar-refractivity contribution is 6.00. The summed E-state index contributed by atoms with van der Waals surface area (Å²) in [7, 11) is 1.41. The summed E-state index contributed by atoms with van der Waals surface area (Å²) >= 11 is 0. The second-order valence-electron chi connectivity index (χ2n) is 5.63. The van der Waals surface area contributed by atoms with Gasteiger partial charge in [0.05, 0.1) is 12.0 Å². The predicted octanol–water partition coefficient (Wildman–Crippen LogP) is 2.75. The molecule has 0 amide bonds. The molecule has 1 heterocycles. The van der Waals surface area contributed by atoms with Gasteiger partial charge in [-0.25, -0.2) is 9.59 Å². The Balaban J connectivity index is 1.79. The van der Waals surface area contributed by atoms with Gasteiger partial charge in [-0.3, -0.25) is 14.9 Å². The Morgan fingerprint density at radius 3 is 2.61 bits per heavy atom. The second-order valence-corrected chi connectivity index (χ2v) is 5.63. The highest BCUT2D eigenvalue weighted by Gasteiger charge is 2.19. The molecule has 2 aromatic carbocycles. The monoisotopic (exact) mass is 383 g/mol. The fourth-order valence-corrected chi connectivity index (χ4v) is 2.51. The van der Waals surface area contributed by atoms with E-state index in [1.807, 2.05) is 0 Å². The maximum atomic E-state index is 12.2. The van der Waals surface area contributed by atoms with E-state index in [9.17, 15) is 24.5 Å². The zero-order valence-corrected chi connectivity index (χ0v) is 14.5. The molecule has 0 spiro atoms. The van der Waals surface area contributed by atoms with Gasteiger partial charge in [-0.15, -0.1) is 0 Å². The average Bonchev–Trinajstić information content (AvgIpc) is 2.70. The second kappa shape index (κ2) is 7.70. The van der Waals surface area contributed by atoms with Crippen LogP contribution in [0.15, 0.2) is 57.7 Å². The molecule has 0 bridgehead atoms. The molecule has 0 radical (unpaired) electrons. The van der Waals surface area contributed by atoms with Crippen LogP contribution < -0.4 is 10.4 Å². The number of hydrogen-bond acceptors (Lipinski definition) is 8. The molecule has 0 aliphatic carbocycles. The molecule has 3 aromatic rings. The minimum Gasteiger partial charge on any atom is -0.493 e. The van der Waals surface area contributed by atoms with Gasteiger partial charge in [0, 0.05) is 23.1 Å². The molecule has 0 saturated heterocycles. The molecule has 9 nitrogen and oxygen atoms in total. The van der Waals surface area contributed by atoms with E-state index in [0.717, 1.165) is 6.07 Å². The van der Waals surface area contributed by atoms with Crippen LogP contribution >= 0.6 is 0 Å². The molecule has 0 fully saturated rings. The number of nitro groups is 1. The average molecular weight is 383 g/mol. The number of carbonyl (C=O) groups is 2. The first-order valence-electron chi connectivity index (χ1n) is 7.96. The van der Waals surface area contributed by atoms with E-state index in [1.165, 1.54) is 31.4 Å². The molecule has 0 saturated carbocycles. The number of carbonyl (C=O) groups excluding carboxylic acids is 2. The number of ketones is 1. The molecular weight excluding hydrogens is 370 g/mol. The van der Waals surface area contributed by atoms with Crippen LogP contribution in [0.2, 0.25) is 0 Å². The molecule has 0 aliphatic heterocycles. The van der Waals surface area contributed by atoms with Gasteiger partial charge in [-0.05, 0) is 12.1 Å². The van der Waals surface area contributed by atoms with Crippen molar-refractivity contribution >= 4 is 28.4 Å². The van der Waals surface area contributed by atoms with Crippen LogP contribution in [0, 0.1) is 10.1 Å². The first-order valence-corrected chi connectivity index (χ1v) is 7.96. The molecule has 0 aliphatic rings. The minimum atomic E-state index is -1.04. The third-order valence-corrected chi connectivity index (χ3v) is 3.88. The van der Waals surface area contributed by atoms with Crippen LogP contribution in [0.4, 0.5) is 5.69 Å². The lowest BCUT2D eigenvalue weighted by Gasteiger charge is -2.06. The number of ether oxygens (including phenoxy) is 2. The van der Waals surface area contributed by atoms with E-state index in [1.54, 1.807) is 18.2 Å². The Morgan fingerprint density at radius 2 is 1.89 bits per heavy atom. The molecule has 9 heteroatoms. The number of benzene rings is 2. The number of fused-ring (bicyclic) bond motifs is 1. The van der Waals surface area contributed by atoms with Crippen molar-refractivity contribution in [3.8, 4) is 5.75 Å². The zero-order chi connectivity index (χ0) is 20.3. The van der Waals surface area contributed by atoms with Gasteiger partial charge in [0.1, 0.15) is 5.56 Å². The van der Waals surface area contributed by atoms with Crippen LogP contribution in [0.5, 0.6) is 5.75 Å². The number of esters is 1. The van der Waals surface area contributed by atoms with Gasteiger partial charge in [-0.2, -0.15) is 0 Å². The summed E-state index contributed by atoms with van der Waals surface area (Å²) in [5.41, 5.74) is -1.39. The van der Waals surface area contributed by atoms with Crippen molar-refractivity contribution in [1.29, 1.82) is 0 Å². The van der Waals surface area contributed by atoms with E-state index in [-0.39, 0.29) is 22.4 Å². The first kappa shape index (κ1) is 18.8. The van der Waals surface area contributed by atoms with Crippen LogP contribution in [-0.4, -0.2) is 30.4 Å². The normalized spacial score (nSPS) is 10.5. The van der Waals surface area contributed by atoms with E-state index >= 15 is 0 Å².